The van der Waals surface area contributed by atoms with Gasteiger partial charge in [-0.15, -0.1) is 0 Å². The van der Waals surface area contributed by atoms with Crippen LogP contribution in [0, 0.1) is 5.92 Å². The first kappa shape index (κ1) is 10.8. The summed E-state index contributed by atoms with van der Waals surface area (Å²) in [6.45, 7) is 4.41. The maximum Gasteiger partial charge on any atom is 0.0314 e. The first-order valence-electron chi connectivity index (χ1n) is 5.55. The molecule has 0 saturated heterocycles. The molecular weight excluding hydrogens is 196 g/mol. The monoisotopic (exact) mass is 214 g/mol. The predicted molar refractivity (Wildman–Crippen MR) is 68.8 cm³/mol. The lowest BCUT2D eigenvalue weighted by Crippen LogP contribution is -2.29. The molecular formula is C14H18N2. The molecule has 16 heavy (non-hydrogen) atoms. The van der Waals surface area contributed by atoms with E-state index in [2.05, 4.69) is 38.1 Å². The lowest BCUT2D eigenvalue weighted by molar-refractivity contribution is 0.454. The third-order valence-corrected chi connectivity index (χ3v) is 3.54. The maximum absolute atomic E-state index is 5.80. The van der Waals surface area contributed by atoms with Crippen molar-refractivity contribution in [3.8, 4) is 0 Å². The predicted octanol–water partition coefficient (Wildman–Crippen LogP) is 2.58. The summed E-state index contributed by atoms with van der Waals surface area (Å²) in [7, 11) is 0. The molecule has 0 heterocycles. The standard InChI is InChI=1S/C14H18N2/c1-10-9-13(16)7-8-14(10,2)11-3-5-12(15)6-4-11/h3-10H,15-16H2,1-2H3. The van der Waals surface area contributed by atoms with E-state index in [0.29, 0.717) is 5.92 Å². The Morgan fingerprint density at radius 1 is 1.12 bits per heavy atom. The van der Waals surface area contributed by atoms with E-state index in [4.69, 9.17) is 11.5 Å². The van der Waals surface area contributed by atoms with Gasteiger partial charge in [0, 0.05) is 16.8 Å². The largest absolute Gasteiger partial charge is 0.399 e. The summed E-state index contributed by atoms with van der Waals surface area (Å²) in [5.41, 5.74) is 14.4. The highest BCUT2D eigenvalue weighted by Gasteiger charge is 2.31. The van der Waals surface area contributed by atoms with Crippen molar-refractivity contribution in [3.05, 3.63) is 53.8 Å². The third kappa shape index (κ3) is 1.71. The van der Waals surface area contributed by atoms with E-state index in [-0.39, 0.29) is 5.41 Å². The molecule has 0 aliphatic heterocycles. The zero-order chi connectivity index (χ0) is 11.8. The number of hydrogen-bond acceptors (Lipinski definition) is 2. The van der Waals surface area contributed by atoms with E-state index >= 15 is 0 Å². The SMILES string of the molecule is CC1C=C(N)C=CC1(C)c1ccc(N)cc1. The van der Waals surface area contributed by atoms with Crippen LogP contribution in [0.5, 0.6) is 0 Å². The average Bonchev–Trinajstić information content (AvgIpc) is 2.25. The van der Waals surface area contributed by atoms with Crippen molar-refractivity contribution >= 4 is 5.69 Å². The molecule has 2 heteroatoms. The lowest BCUT2D eigenvalue weighted by Gasteiger charge is -2.34. The van der Waals surface area contributed by atoms with Crippen LogP contribution in [0.15, 0.2) is 48.2 Å². The van der Waals surface area contributed by atoms with Crippen LogP contribution < -0.4 is 11.5 Å². The number of benzene rings is 1. The Morgan fingerprint density at radius 2 is 1.75 bits per heavy atom. The Kier molecular flexibility index (Phi) is 2.50. The molecule has 2 unspecified atom stereocenters. The molecule has 0 amide bonds. The number of anilines is 1. The average molecular weight is 214 g/mol. The summed E-state index contributed by atoms with van der Waals surface area (Å²) < 4.78 is 0. The van der Waals surface area contributed by atoms with Gasteiger partial charge in [-0.1, -0.05) is 38.1 Å². The molecule has 1 aliphatic rings. The lowest BCUT2D eigenvalue weighted by atomic mass is 9.70. The fourth-order valence-corrected chi connectivity index (χ4v) is 2.14. The van der Waals surface area contributed by atoms with Crippen LogP contribution in [-0.2, 0) is 5.41 Å². The van der Waals surface area contributed by atoms with Crippen molar-refractivity contribution in [1.82, 2.24) is 0 Å². The van der Waals surface area contributed by atoms with Gasteiger partial charge in [-0.05, 0) is 29.7 Å². The van der Waals surface area contributed by atoms with Crippen molar-refractivity contribution in [2.75, 3.05) is 5.73 Å². The van der Waals surface area contributed by atoms with E-state index < -0.39 is 0 Å². The Morgan fingerprint density at radius 3 is 2.31 bits per heavy atom. The molecule has 0 saturated carbocycles. The van der Waals surface area contributed by atoms with E-state index in [1.165, 1.54) is 5.56 Å². The Balaban J connectivity index is 2.40. The molecule has 0 spiro atoms. The van der Waals surface area contributed by atoms with Crippen LogP contribution in [-0.4, -0.2) is 0 Å². The van der Waals surface area contributed by atoms with E-state index in [0.717, 1.165) is 11.4 Å². The van der Waals surface area contributed by atoms with Gasteiger partial charge in [-0.2, -0.15) is 0 Å². The molecule has 1 aliphatic carbocycles. The zero-order valence-corrected chi connectivity index (χ0v) is 9.77. The van der Waals surface area contributed by atoms with Gasteiger partial charge in [-0.3, -0.25) is 0 Å². The van der Waals surface area contributed by atoms with E-state index in [1.54, 1.807) is 0 Å². The highest BCUT2D eigenvalue weighted by molar-refractivity contribution is 5.45. The number of nitrogens with two attached hydrogens (primary N) is 2. The molecule has 0 bridgehead atoms. The number of allylic oxidation sites excluding steroid dienone is 3. The second-order valence-corrected chi connectivity index (χ2v) is 4.69. The topological polar surface area (TPSA) is 52.0 Å². The summed E-state index contributed by atoms with van der Waals surface area (Å²) in [6, 6.07) is 8.07. The molecule has 2 atom stereocenters. The quantitative estimate of drug-likeness (QED) is 0.706. The third-order valence-electron chi connectivity index (χ3n) is 3.54. The Bertz CT molecular complexity index is 442. The molecule has 0 aromatic heterocycles. The molecule has 1 aromatic rings. The van der Waals surface area contributed by atoms with Gasteiger partial charge >= 0.3 is 0 Å². The zero-order valence-electron chi connectivity index (χ0n) is 9.77. The minimum Gasteiger partial charge on any atom is -0.399 e. The Hall–Kier alpha value is -1.70. The first-order chi connectivity index (χ1) is 7.52. The normalized spacial score (nSPS) is 28.9. The molecule has 84 valence electrons. The van der Waals surface area contributed by atoms with Gasteiger partial charge in [0.25, 0.3) is 0 Å². The van der Waals surface area contributed by atoms with Gasteiger partial charge in [0.05, 0.1) is 0 Å². The molecule has 2 nitrogen and oxygen atoms in total. The van der Waals surface area contributed by atoms with Crippen molar-refractivity contribution in [2.24, 2.45) is 11.7 Å². The number of rotatable bonds is 1. The first-order valence-corrected chi connectivity index (χ1v) is 5.55. The number of nitrogen functional groups attached to an aromatic ring is 1. The highest BCUT2D eigenvalue weighted by atomic mass is 14.6. The van der Waals surface area contributed by atoms with Crippen molar-refractivity contribution < 1.29 is 0 Å². The van der Waals surface area contributed by atoms with Crippen LogP contribution >= 0.6 is 0 Å². The van der Waals surface area contributed by atoms with Gasteiger partial charge in [0.1, 0.15) is 0 Å². The molecule has 1 aromatic carbocycles. The molecule has 4 N–H and O–H groups in total. The van der Waals surface area contributed by atoms with Gasteiger partial charge in [0.15, 0.2) is 0 Å². The Labute approximate surface area is 96.6 Å². The van der Waals surface area contributed by atoms with Crippen LogP contribution in [0.3, 0.4) is 0 Å². The highest BCUT2D eigenvalue weighted by Crippen LogP contribution is 2.37. The van der Waals surface area contributed by atoms with Crippen LogP contribution in [0.4, 0.5) is 5.69 Å². The van der Waals surface area contributed by atoms with Crippen LogP contribution in [0.25, 0.3) is 0 Å². The second kappa shape index (κ2) is 3.71. The van der Waals surface area contributed by atoms with E-state index in [1.807, 2.05) is 18.2 Å². The van der Waals surface area contributed by atoms with Crippen molar-refractivity contribution in [2.45, 2.75) is 19.3 Å². The fraction of sp³-hybridized carbons (Fsp3) is 0.286. The molecule has 0 fully saturated rings. The smallest absolute Gasteiger partial charge is 0.0314 e. The van der Waals surface area contributed by atoms with Gasteiger partial charge < -0.3 is 11.5 Å². The van der Waals surface area contributed by atoms with E-state index in [9.17, 15) is 0 Å². The minimum atomic E-state index is 0.0105. The summed E-state index contributed by atoms with van der Waals surface area (Å²) >= 11 is 0. The number of hydrogen-bond donors (Lipinski definition) is 2. The summed E-state index contributed by atoms with van der Waals surface area (Å²) in [6.07, 6.45) is 6.27. The minimum absolute atomic E-state index is 0.0105. The summed E-state index contributed by atoms with van der Waals surface area (Å²) in [5, 5.41) is 0. The van der Waals surface area contributed by atoms with Gasteiger partial charge in [-0.25, -0.2) is 0 Å². The molecule has 0 radical (unpaired) electrons. The summed E-state index contributed by atoms with van der Waals surface area (Å²) in [5.74, 6) is 0.390. The van der Waals surface area contributed by atoms with Crippen LogP contribution in [0.1, 0.15) is 19.4 Å². The summed E-state index contributed by atoms with van der Waals surface area (Å²) in [4.78, 5) is 0. The van der Waals surface area contributed by atoms with Crippen molar-refractivity contribution in [1.29, 1.82) is 0 Å². The second-order valence-electron chi connectivity index (χ2n) is 4.69. The molecule has 2 rings (SSSR count). The van der Waals surface area contributed by atoms with Gasteiger partial charge in [0.2, 0.25) is 0 Å². The fourth-order valence-electron chi connectivity index (χ4n) is 2.14. The van der Waals surface area contributed by atoms with Crippen LogP contribution in [0.2, 0.25) is 0 Å². The maximum atomic E-state index is 5.80. The van der Waals surface area contributed by atoms with Crippen molar-refractivity contribution in [3.63, 3.8) is 0 Å².